The summed E-state index contributed by atoms with van der Waals surface area (Å²) in [5, 5.41) is 25.5. The minimum absolute atomic E-state index is 0. The Labute approximate surface area is 300 Å². The molecule has 2 atom stereocenters. The number of nitrogens with zero attached hydrogens (tertiary/aromatic N) is 8. The maximum Gasteiger partial charge on any atom is -1.00 e. The summed E-state index contributed by atoms with van der Waals surface area (Å²) < 4.78 is 0.861. The molecule has 0 unspecified atom stereocenters. The van der Waals surface area contributed by atoms with Crippen molar-refractivity contribution in [3.63, 3.8) is 0 Å². The molecule has 4 aromatic carbocycles. The second kappa shape index (κ2) is 14.0. The van der Waals surface area contributed by atoms with E-state index < -0.39 is 25.8 Å². The molecule has 0 radical (unpaired) electrons. The van der Waals surface area contributed by atoms with Crippen molar-refractivity contribution < 1.29 is 45.2 Å². The van der Waals surface area contributed by atoms with Gasteiger partial charge in [0.05, 0.1) is 0 Å². The van der Waals surface area contributed by atoms with Crippen LogP contribution in [0.4, 0.5) is 0 Å². The third-order valence-electron chi connectivity index (χ3n) is 9.20. The first-order valence-electron chi connectivity index (χ1n) is 15.4. The van der Waals surface area contributed by atoms with Crippen molar-refractivity contribution in [1.29, 1.82) is 0 Å². The molecule has 8 nitrogen and oxygen atoms in total. The van der Waals surface area contributed by atoms with Crippen molar-refractivity contribution in [2.24, 2.45) is 0 Å². The first-order valence-corrected chi connectivity index (χ1v) is 24.5. The molecular formula is C36H32Cl2N8SiZr. The van der Waals surface area contributed by atoms with Crippen LogP contribution in [0.15, 0.2) is 109 Å². The number of rotatable bonds is 6. The number of benzene rings is 4. The number of hydrogen-bond acceptors (Lipinski definition) is 6. The van der Waals surface area contributed by atoms with Crippen molar-refractivity contribution in [3.8, 4) is 33.6 Å². The SMILES string of the molecule is CC1=Cc2c(-c3ccccc3)cc(-n3ncnn3)cc2[C@@H]1[Zr+2]([C@H]1C(C)=Cc2c(-c3ccccc3)cc(-n3ncnn3)cc21)=[Si](C)C.[Cl-].[Cl-]. The minimum atomic E-state index is -2.42. The molecule has 0 bridgehead atoms. The van der Waals surface area contributed by atoms with E-state index in [2.05, 4.69) is 155 Å². The Balaban J connectivity index is 0.00000201. The summed E-state index contributed by atoms with van der Waals surface area (Å²) >= 11 is -2.42. The van der Waals surface area contributed by atoms with Crippen molar-refractivity contribution in [1.82, 2.24) is 40.4 Å². The molecule has 0 saturated heterocycles. The van der Waals surface area contributed by atoms with Gasteiger partial charge in [-0.3, -0.25) is 0 Å². The van der Waals surface area contributed by atoms with Crippen LogP contribution < -0.4 is 24.8 Å². The van der Waals surface area contributed by atoms with Gasteiger partial charge in [0.25, 0.3) is 0 Å². The maximum atomic E-state index is 4.43. The van der Waals surface area contributed by atoms with Gasteiger partial charge in [-0.25, -0.2) is 0 Å². The average molecular weight is 767 g/mol. The number of tetrazole rings is 2. The topological polar surface area (TPSA) is 87.2 Å². The predicted octanol–water partition coefficient (Wildman–Crippen LogP) is 1.47. The summed E-state index contributed by atoms with van der Waals surface area (Å²) in [7, 11) is 0. The van der Waals surface area contributed by atoms with Gasteiger partial charge in [0.1, 0.15) is 0 Å². The van der Waals surface area contributed by atoms with Gasteiger partial charge in [-0.2, -0.15) is 0 Å². The van der Waals surface area contributed by atoms with Crippen LogP contribution in [0.3, 0.4) is 0 Å². The molecule has 0 N–H and O–H groups in total. The van der Waals surface area contributed by atoms with E-state index in [1.807, 2.05) is 0 Å². The third-order valence-corrected chi connectivity index (χ3v) is 29.1. The Bertz CT molecular complexity index is 2050. The summed E-state index contributed by atoms with van der Waals surface area (Å²) in [6.07, 6.45) is 7.94. The number of fused-ring (bicyclic) bond motifs is 2. The molecule has 0 spiro atoms. The monoisotopic (exact) mass is 764 g/mol. The molecule has 238 valence electrons. The van der Waals surface area contributed by atoms with E-state index in [0.29, 0.717) is 7.25 Å². The fraction of sp³-hybridized carbons (Fsp3) is 0.167. The average Bonchev–Trinajstić information content (AvgIpc) is 3.89. The first kappa shape index (κ1) is 34.1. The van der Waals surface area contributed by atoms with E-state index in [1.54, 1.807) is 9.59 Å². The standard InChI is InChI=1S/2C17H13N4.C2H6Si.2ClH.Zr/c2*1-12-7-14-9-15(21-19-11-18-20-21)10-17(16(14)8-12)13-5-3-2-4-6-13;1-3-2;;;/h2*2-11H,1H3;1-2H3;2*1H;/q;;;;;+2/p-2. The summed E-state index contributed by atoms with van der Waals surface area (Å²) in [5.74, 6) is 0. The van der Waals surface area contributed by atoms with E-state index in [9.17, 15) is 0 Å². The summed E-state index contributed by atoms with van der Waals surface area (Å²) in [6.45, 7) is 9.83. The third kappa shape index (κ3) is 5.89. The zero-order valence-electron chi connectivity index (χ0n) is 26.9. The van der Waals surface area contributed by atoms with Crippen molar-refractivity contribution in [2.75, 3.05) is 0 Å². The minimum Gasteiger partial charge on any atom is -1.00 e. The molecule has 2 aromatic heterocycles. The largest absolute Gasteiger partial charge is 1.00 e. The molecule has 0 fully saturated rings. The second-order valence-corrected chi connectivity index (χ2v) is 30.1. The second-order valence-electron chi connectivity index (χ2n) is 12.3. The molecule has 0 amide bonds. The Hall–Kier alpha value is -3.82. The van der Waals surface area contributed by atoms with Crippen LogP contribution in [0.1, 0.15) is 43.4 Å². The van der Waals surface area contributed by atoms with Crippen LogP contribution >= 0.6 is 0 Å². The zero-order chi connectivity index (χ0) is 31.4. The van der Waals surface area contributed by atoms with Gasteiger partial charge in [0.15, 0.2) is 0 Å². The smallest absolute Gasteiger partial charge is 1.00 e. The molecule has 0 saturated carbocycles. The molecule has 48 heavy (non-hydrogen) atoms. The van der Waals surface area contributed by atoms with Gasteiger partial charge >= 0.3 is 277 Å². The fourth-order valence-electron chi connectivity index (χ4n) is 7.32. The Morgan fingerprint density at radius 3 is 1.38 bits per heavy atom. The Kier molecular flexibility index (Phi) is 9.91. The molecule has 2 heterocycles. The van der Waals surface area contributed by atoms with Gasteiger partial charge in [-0.1, -0.05) is 0 Å². The molecule has 0 aliphatic heterocycles. The predicted molar refractivity (Wildman–Crippen MR) is 179 cm³/mol. The fourth-order valence-corrected chi connectivity index (χ4v) is 28.0. The van der Waals surface area contributed by atoms with Crippen LogP contribution in [0.5, 0.6) is 0 Å². The van der Waals surface area contributed by atoms with Crippen molar-refractivity contribution in [3.05, 3.63) is 131 Å². The number of halogens is 2. The van der Waals surface area contributed by atoms with Crippen LogP contribution in [0, 0.1) is 0 Å². The molecular weight excluding hydrogens is 735 g/mol. The van der Waals surface area contributed by atoms with Gasteiger partial charge in [-0.05, 0) is 0 Å². The van der Waals surface area contributed by atoms with Gasteiger partial charge in [0, 0.05) is 0 Å². The van der Waals surface area contributed by atoms with E-state index in [4.69, 9.17) is 0 Å². The van der Waals surface area contributed by atoms with Gasteiger partial charge in [0.2, 0.25) is 0 Å². The van der Waals surface area contributed by atoms with Gasteiger partial charge < -0.3 is 24.8 Å². The van der Waals surface area contributed by atoms with Crippen molar-refractivity contribution >= 4 is 17.6 Å². The first-order chi connectivity index (χ1) is 22.5. The Morgan fingerprint density at radius 1 is 0.604 bits per heavy atom. The van der Waals surface area contributed by atoms with Gasteiger partial charge in [-0.15, -0.1) is 0 Å². The van der Waals surface area contributed by atoms with Crippen LogP contribution in [-0.4, -0.2) is 45.8 Å². The molecule has 2 aliphatic rings. The van der Waals surface area contributed by atoms with E-state index >= 15 is 0 Å². The van der Waals surface area contributed by atoms with Crippen LogP contribution in [-0.2, 0) is 20.4 Å². The molecule has 8 rings (SSSR count). The molecule has 6 aromatic rings. The zero-order valence-corrected chi connectivity index (χ0v) is 31.9. The van der Waals surface area contributed by atoms with Crippen LogP contribution in [0.2, 0.25) is 13.1 Å². The maximum absolute atomic E-state index is 4.43. The van der Waals surface area contributed by atoms with E-state index in [1.165, 1.54) is 68.3 Å². The van der Waals surface area contributed by atoms with E-state index in [-0.39, 0.29) is 24.8 Å². The summed E-state index contributed by atoms with van der Waals surface area (Å²) in [6, 6.07) is 30.5. The number of aromatic nitrogens is 8. The Morgan fingerprint density at radius 2 is 1.02 bits per heavy atom. The quantitative estimate of drug-likeness (QED) is 0.239. The number of hydrogen-bond donors (Lipinski definition) is 0. The van der Waals surface area contributed by atoms with E-state index in [0.717, 1.165) is 11.4 Å². The summed E-state index contributed by atoms with van der Waals surface area (Å²) in [5.41, 5.74) is 14.6. The molecule has 12 heteroatoms. The van der Waals surface area contributed by atoms with Crippen LogP contribution in [0.25, 0.3) is 45.8 Å². The summed E-state index contributed by atoms with van der Waals surface area (Å²) in [4.78, 5) is 3.31. The normalized spacial score (nSPS) is 15.6. The number of allylic oxidation sites excluding steroid dienone is 2. The molecule has 2 aliphatic carbocycles. The van der Waals surface area contributed by atoms with Crippen molar-refractivity contribution in [2.45, 2.75) is 34.2 Å².